The van der Waals surface area contributed by atoms with E-state index in [4.69, 9.17) is 16.3 Å². The number of rotatable bonds is 6. The number of carbonyl (C=O) groups excluding carboxylic acids is 2. The van der Waals surface area contributed by atoms with E-state index in [1.807, 2.05) is 0 Å². The molecular formula is C12H14ClN3O3. The number of methoxy groups -OCH3 is 1. The van der Waals surface area contributed by atoms with Crippen molar-refractivity contribution < 1.29 is 14.3 Å². The van der Waals surface area contributed by atoms with Crippen LogP contribution in [0.1, 0.15) is 13.3 Å². The predicted molar refractivity (Wildman–Crippen MR) is 73.6 cm³/mol. The molecule has 1 aromatic rings. The maximum atomic E-state index is 11.8. The van der Waals surface area contributed by atoms with Crippen LogP contribution in [0, 0.1) is 0 Å². The van der Waals surface area contributed by atoms with Crippen LogP contribution in [-0.2, 0) is 9.59 Å². The smallest absolute Gasteiger partial charge is 0.230 e. The molecule has 2 N–H and O–H groups in total. The van der Waals surface area contributed by atoms with Crippen molar-refractivity contribution in [2.24, 2.45) is 5.10 Å². The first-order valence-electron chi connectivity index (χ1n) is 5.42. The highest BCUT2D eigenvalue weighted by atomic mass is 35.5. The van der Waals surface area contributed by atoms with Gasteiger partial charge in [-0.2, -0.15) is 5.10 Å². The summed E-state index contributed by atoms with van der Waals surface area (Å²) in [5.41, 5.74) is 3.09. The van der Waals surface area contributed by atoms with Gasteiger partial charge >= 0.3 is 0 Å². The molecule has 6 nitrogen and oxygen atoms in total. The van der Waals surface area contributed by atoms with E-state index in [2.05, 4.69) is 15.8 Å². The lowest BCUT2D eigenvalue weighted by molar-refractivity contribution is -0.115. The Balaban J connectivity index is 2.71. The zero-order valence-corrected chi connectivity index (χ0v) is 11.3. The molecule has 0 unspecified atom stereocenters. The van der Waals surface area contributed by atoms with Gasteiger partial charge in [0.15, 0.2) is 0 Å². The Morgan fingerprint density at radius 3 is 2.89 bits per heavy atom. The molecule has 0 bridgehead atoms. The van der Waals surface area contributed by atoms with Crippen molar-refractivity contribution in [2.75, 3.05) is 12.4 Å². The van der Waals surface area contributed by atoms with Gasteiger partial charge in [-0.25, -0.2) is 5.43 Å². The minimum atomic E-state index is -0.283. The van der Waals surface area contributed by atoms with Crippen molar-refractivity contribution in [2.45, 2.75) is 13.3 Å². The summed E-state index contributed by atoms with van der Waals surface area (Å²) in [6.07, 6.45) is 0.484. The van der Waals surface area contributed by atoms with Crippen LogP contribution in [0.25, 0.3) is 0 Å². The number of hydrogen-bond donors (Lipinski definition) is 2. The number of nitrogens with one attached hydrogen (secondary N) is 2. The molecule has 0 atom stereocenters. The number of anilines is 1. The zero-order chi connectivity index (χ0) is 14.3. The molecule has 0 aromatic heterocycles. The van der Waals surface area contributed by atoms with E-state index in [9.17, 15) is 9.59 Å². The minimum absolute atomic E-state index is 0.0521. The average molecular weight is 284 g/mol. The molecule has 1 aromatic carbocycles. The highest BCUT2D eigenvalue weighted by Crippen LogP contribution is 2.27. The summed E-state index contributed by atoms with van der Waals surface area (Å²) < 4.78 is 5.11. The fraction of sp³-hybridized carbons (Fsp3) is 0.250. The van der Waals surface area contributed by atoms with Crippen LogP contribution in [-0.4, -0.2) is 25.1 Å². The molecule has 19 heavy (non-hydrogen) atoms. The van der Waals surface area contributed by atoms with E-state index in [0.717, 1.165) is 0 Å². The summed E-state index contributed by atoms with van der Waals surface area (Å²) in [7, 11) is 1.50. The van der Waals surface area contributed by atoms with Crippen molar-refractivity contribution in [1.29, 1.82) is 0 Å². The first kappa shape index (κ1) is 15.0. The molecule has 0 saturated heterocycles. The molecule has 0 aliphatic heterocycles. The topological polar surface area (TPSA) is 79.8 Å². The maximum Gasteiger partial charge on any atom is 0.230 e. The van der Waals surface area contributed by atoms with Crippen LogP contribution in [0.5, 0.6) is 5.75 Å². The Morgan fingerprint density at radius 2 is 2.26 bits per heavy atom. The lowest BCUT2D eigenvalue weighted by Crippen LogP contribution is -2.17. The number of ether oxygens (including phenoxy) is 1. The number of hydrogen-bond acceptors (Lipinski definition) is 4. The molecule has 7 heteroatoms. The Bertz CT molecular complexity index is 503. The van der Waals surface area contributed by atoms with Gasteiger partial charge in [0.1, 0.15) is 5.75 Å². The Hall–Kier alpha value is -2.08. The van der Waals surface area contributed by atoms with Crippen LogP contribution in [0.4, 0.5) is 5.69 Å². The van der Waals surface area contributed by atoms with Crippen molar-refractivity contribution in [3.63, 3.8) is 0 Å². The van der Waals surface area contributed by atoms with E-state index in [1.165, 1.54) is 7.11 Å². The maximum absolute atomic E-state index is 11.8. The third-order valence-electron chi connectivity index (χ3n) is 2.16. The number of benzene rings is 1. The molecule has 0 spiro atoms. The molecule has 1 rings (SSSR count). The van der Waals surface area contributed by atoms with Crippen LogP contribution >= 0.6 is 11.6 Å². The highest BCUT2D eigenvalue weighted by Gasteiger charge is 2.09. The molecular weight excluding hydrogens is 270 g/mol. The Kier molecular flexibility index (Phi) is 5.81. The molecule has 2 amide bonds. The molecule has 0 aliphatic rings. The third kappa shape index (κ3) is 4.97. The second-order valence-electron chi connectivity index (χ2n) is 3.66. The lowest BCUT2D eigenvalue weighted by Gasteiger charge is -2.10. The van der Waals surface area contributed by atoms with Gasteiger partial charge in [-0.15, -0.1) is 0 Å². The molecule has 0 saturated carbocycles. The van der Waals surface area contributed by atoms with E-state index >= 15 is 0 Å². The van der Waals surface area contributed by atoms with Crippen LogP contribution < -0.4 is 15.5 Å². The van der Waals surface area contributed by atoms with E-state index in [-0.39, 0.29) is 12.3 Å². The Morgan fingerprint density at radius 1 is 1.53 bits per heavy atom. The van der Waals surface area contributed by atoms with Crippen LogP contribution in [0.15, 0.2) is 23.3 Å². The standard InChI is InChI=1S/C12H14ClN3O3/c1-8(16-14-7-17)5-12(18)15-10-6-9(13)3-4-11(10)19-2/h3-4,6-7H,5H2,1-2H3,(H,14,17)(H,15,18)/b16-8-. The van der Waals surface area contributed by atoms with Gasteiger partial charge < -0.3 is 10.1 Å². The van der Waals surface area contributed by atoms with Gasteiger partial charge in [0.05, 0.1) is 19.2 Å². The second-order valence-corrected chi connectivity index (χ2v) is 4.10. The van der Waals surface area contributed by atoms with Gasteiger partial charge in [0.2, 0.25) is 12.3 Å². The summed E-state index contributed by atoms with van der Waals surface area (Å²) in [6, 6.07) is 4.91. The minimum Gasteiger partial charge on any atom is -0.495 e. The molecule has 0 fully saturated rings. The predicted octanol–water partition coefficient (Wildman–Crippen LogP) is 1.80. The van der Waals surface area contributed by atoms with Crippen LogP contribution in [0.3, 0.4) is 0 Å². The second kappa shape index (κ2) is 7.38. The molecule has 0 radical (unpaired) electrons. The summed E-state index contributed by atoms with van der Waals surface area (Å²) in [5, 5.41) is 6.82. The van der Waals surface area contributed by atoms with E-state index in [0.29, 0.717) is 28.6 Å². The third-order valence-corrected chi connectivity index (χ3v) is 2.40. The fourth-order valence-corrected chi connectivity index (χ4v) is 1.55. The number of nitrogens with zero attached hydrogens (tertiary/aromatic N) is 1. The number of carbonyl (C=O) groups is 2. The summed E-state index contributed by atoms with van der Waals surface area (Å²) in [5.74, 6) is 0.230. The number of halogens is 1. The SMILES string of the molecule is COc1ccc(Cl)cc1NC(=O)C/C(C)=N\NC=O. The first-order chi connectivity index (χ1) is 9.06. The Labute approximate surface area is 115 Å². The van der Waals surface area contributed by atoms with Crippen molar-refractivity contribution in [3.8, 4) is 5.75 Å². The first-order valence-corrected chi connectivity index (χ1v) is 5.80. The fourth-order valence-electron chi connectivity index (χ4n) is 1.38. The molecule has 0 aliphatic carbocycles. The summed E-state index contributed by atoms with van der Waals surface area (Å²) in [4.78, 5) is 21.8. The normalized spacial score (nSPS) is 10.8. The van der Waals surface area contributed by atoms with Gasteiger partial charge in [-0.3, -0.25) is 9.59 Å². The van der Waals surface area contributed by atoms with E-state index in [1.54, 1.807) is 25.1 Å². The monoisotopic (exact) mass is 283 g/mol. The highest BCUT2D eigenvalue weighted by molar-refractivity contribution is 6.31. The zero-order valence-electron chi connectivity index (χ0n) is 10.6. The summed E-state index contributed by atoms with van der Waals surface area (Å²) >= 11 is 5.85. The van der Waals surface area contributed by atoms with E-state index < -0.39 is 0 Å². The van der Waals surface area contributed by atoms with Crippen molar-refractivity contribution >= 4 is 35.3 Å². The quantitative estimate of drug-likeness (QED) is 0.475. The van der Waals surface area contributed by atoms with Gasteiger partial charge in [0, 0.05) is 10.7 Å². The summed E-state index contributed by atoms with van der Waals surface area (Å²) in [6.45, 7) is 1.63. The average Bonchev–Trinajstić information content (AvgIpc) is 2.36. The molecule has 0 heterocycles. The van der Waals surface area contributed by atoms with Gasteiger partial charge in [0.25, 0.3) is 0 Å². The largest absolute Gasteiger partial charge is 0.495 e. The molecule has 102 valence electrons. The van der Waals surface area contributed by atoms with Gasteiger partial charge in [-0.05, 0) is 25.1 Å². The number of amides is 2. The van der Waals surface area contributed by atoms with Crippen molar-refractivity contribution in [1.82, 2.24) is 5.43 Å². The van der Waals surface area contributed by atoms with Crippen molar-refractivity contribution in [3.05, 3.63) is 23.2 Å². The number of hydrazone groups is 1. The lowest BCUT2D eigenvalue weighted by atomic mass is 10.2. The van der Waals surface area contributed by atoms with Gasteiger partial charge in [-0.1, -0.05) is 11.6 Å². The van der Waals surface area contributed by atoms with Crippen LogP contribution in [0.2, 0.25) is 5.02 Å².